The molecule has 0 aromatic carbocycles. The molecule has 4 nitrogen and oxygen atoms in total. The van der Waals surface area contributed by atoms with E-state index < -0.39 is 0 Å². The predicted molar refractivity (Wildman–Crippen MR) is 90.0 cm³/mol. The lowest BCUT2D eigenvalue weighted by Crippen LogP contribution is -2.39. The maximum absolute atomic E-state index is 12.5. The molecule has 1 atom stereocenters. The number of rotatable bonds is 2. The number of likely N-dealkylation sites (tertiary alicyclic amines) is 1. The number of pyridine rings is 2. The second-order valence-electron chi connectivity index (χ2n) is 7.63. The Morgan fingerprint density at radius 1 is 1.22 bits per heavy atom. The van der Waals surface area contributed by atoms with Gasteiger partial charge in [0, 0.05) is 42.2 Å². The average molecular weight is 309 g/mol. The second kappa shape index (κ2) is 5.29. The number of carbonyl (C=O) groups excluding carboxylic acids is 1. The van der Waals surface area contributed by atoms with Crippen LogP contribution in [0.25, 0.3) is 11.0 Å². The van der Waals surface area contributed by atoms with Crippen LogP contribution in [-0.4, -0.2) is 33.9 Å². The Morgan fingerprint density at radius 2 is 1.96 bits per heavy atom. The lowest BCUT2D eigenvalue weighted by atomic mass is 9.92. The van der Waals surface area contributed by atoms with Gasteiger partial charge in [-0.15, -0.1) is 0 Å². The minimum absolute atomic E-state index is 0.222. The van der Waals surface area contributed by atoms with Crippen molar-refractivity contribution in [1.29, 1.82) is 0 Å². The van der Waals surface area contributed by atoms with Crippen LogP contribution in [0.3, 0.4) is 0 Å². The summed E-state index contributed by atoms with van der Waals surface area (Å²) in [5, 5.41) is 1.08. The van der Waals surface area contributed by atoms with Crippen LogP contribution >= 0.6 is 0 Å². The van der Waals surface area contributed by atoms with Crippen molar-refractivity contribution >= 4 is 16.9 Å². The van der Waals surface area contributed by atoms with E-state index in [1.165, 1.54) is 0 Å². The van der Waals surface area contributed by atoms with E-state index >= 15 is 0 Å². The summed E-state index contributed by atoms with van der Waals surface area (Å²) in [7, 11) is 0. The third kappa shape index (κ3) is 2.71. The van der Waals surface area contributed by atoms with Crippen molar-refractivity contribution in [2.45, 2.75) is 39.0 Å². The van der Waals surface area contributed by atoms with E-state index in [4.69, 9.17) is 4.98 Å². The van der Waals surface area contributed by atoms with E-state index in [1.807, 2.05) is 12.1 Å². The fourth-order valence-corrected chi connectivity index (χ4v) is 3.70. The van der Waals surface area contributed by atoms with Crippen LogP contribution in [0, 0.1) is 11.3 Å². The molecule has 4 rings (SSSR count). The van der Waals surface area contributed by atoms with Gasteiger partial charge in [0.15, 0.2) is 5.65 Å². The van der Waals surface area contributed by atoms with Crippen LogP contribution in [0.5, 0.6) is 0 Å². The molecule has 0 spiro atoms. The van der Waals surface area contributed by atoms with Gasteiger partial charge in [-0.2, -0.15) is 0 Å². The number of piperidine rings is 1. The first kappa shape index (κ1) is 14.6. The van der Waals surface area contributed by atoms with Gasteiger partial charge < -0.3 is 4.90 Å². The molecule has 1 amide bonds. The smallest absolute Gasteiger partial charge is 0.226 e. The van der Waals surface area contributed by atoms with Gasteiger partial charge in [-0.3, -0.25) is 4.79 Å². The maximum atomic E-state index is 12.5. The zero-order valence-corrected chi connectivity index (χ0v) is 13.8. The van der Waals surface area contributed by atoms with Crippen molar-refractivity contribution in [1.82, 2.24) is 14.9 Å². The zero-order valence-electron chi connectivity index (χ0n) is 13.8. The normalized spacial score (nSPS) is 23.9. The largest absolute Gasteiger partial charge is 0.342 e. The fraction of sp³-hybridized carbons (Fsp3) is 0.526. The monoisotopic (exact) mass is 309 g/mol. The summed E-state index contributed by atoms with van der Waals surface area (Å²) < 4.78 is 0. The molecule has 4 heteroatoms. The van der Waals surface area contributed by atoms with Crippen molar-refractivity contribution in [3.8, 4) is 0 Å². The Kier molecular flexibility index (Phi) is 3.36. The molecule has 120 valence electrons. The predicted octanol–water partition coefficient (Wildman–Crippen LogP) is 3.38. The second-order valence-corrected chi connectivity index (χ2v) is 7.63. The molecular weight excluding hydrogens is 286 g/mol. The van der Waals surface area contributed by atoms with Crippen LogP contribution in [0.1, 0.15) is 44.7 Å². The van der Waals surface area contributed by atoms with Crippen molar-refractivity contribution in [3.63, 3.8) is 0 Å². The number of carbonyl (C=O) groups is 1. The molecule has 0 radical (unpaired) electrons. The molecule has 1 unspecified atom stereocenters. The first-order valence-electron chi connectivity index (χ1n) is 8.55. The van der Waals surface area contributed by atoms with E-state index in [-0.39, 0.29) is 11.3 Å². The first-order valence-corrected chi connectivity index (χ1v) is 8.55. The van der Waals surface area contributed by atoms with Crippen molar-refractivity contribution < 1.29 is 4.79 Å². The van der Waals surface area contributed by atoms with Gasteiger partial charge in [0.25, 0.3) is 0 Å². The number of nitrogens with zero attached hydrogens (tertiary/aromatic N) is 3. The summed E-state index contributed by atoms with van der Waals surface area (Å²) in [6.07, 6.45) is 4.84. The van der Waals surface area contributed by atoms with Crippen LogP contribution in [0.2, 0.25) is 0 Å². The van der Waals surface area contributed by atoms with Crippen molar-refractivity contribution in [3.05, 3.63) is 36.2 Å². The summed E-state index contributed by atoms with van der Waals surface area (Å²) >= 11 is 0. The van der Waals surface area contributed by atoms with Crippen LogP contribution in [0.15, 0.2) is 30.5 Å². The summed E-state index contributed by atoms with van der Waals surface area (Å²) in [5.41, 5.74) is 2.16. The lowest BCUT2D eigenvalue weighted by molar-refractivity contribution is -0.134. The van der Waals surface area contributed by atoms with Gasteiger partial charge in [0.05, 0.1) is 0 Å². The van der Waals surface area contributed by atoms with E-state index in [9.17, 15) is 4.79 Å². The van der Waals surface area contributed by atoms with Crippen molar-refractivity contribution in [2.24, 2.45) is 11.3 Å². The summed E-state index contributed by atoms with van der Waals surface area (Å²) in [6.45, 7) is 6.10. The van der Waals surface area contributed by atoms with Gasteiger partial charge in [0.2, 0.25) is 5.91 Å². The average Bonchev–Trinajstić information content (AvgIpc) is 3.22. The van der Waals surface area contributed by atoms with E-state index in [2.05, 4.69) is 35.9 Å². The Labute approximate surface area is 136 Å². The molecule has 23 heavy (non-hydrogen) atoms. The summed E-state index contributed by atoms with van der Waals surface area (Å²) in [6, 6.07) is 8.20. The maximum Gasteiger partial charge on any atom is 0.226 e. The first-order chi connectivity index (χ1) is 11.0. The topological polar surface area (TPSA) is 46.1 Å². The molecule has 2 aliphatic rings. The van der Waals surface area contributed by atoms with Crippen LogP contribution in [0.4, 0.5) is 0 Å². The molecule has 1 aliphatic carbocycles. The SMILES string of the molecule is CC1(C)CC1C(=O)N1CCC(c2ccc3cccnc3n2)CC1. The molecule has 2 aromatic heterocycles. The zero-order chi connectivity index (χ0) is 16.0. The molecule has 2 aromatic rings. The molecular formula is C19H23N3O. The fourth-order valence-electron chi connectivity index (χ4n) is 3.70. The highest BCUT2D eigenvalue weighted by Gasteiger charge is 2.52. The number of amides is 1. The third-order valence-electron chi connectivity index (χ3n) is 5.52. The Balaban J connectivity index is 1.43. The summed E-state index contributed by atoms with van der Waals surface area (Å²) in [4.78, 5) is 23.6. The quantitative estimate of drug-likeness (QED) is 0.854. The highest BCUT2D eigenvalue weighted by molar-refractivity contribution is 5.82. The minimum Gasteiger partial charge on any atom is -0.342 e. The van der Waals surface area contributed by atoms with Gasteiger partial charge in [-0.05, 0) is 48.9 Å². The Bertz CT molecular complexity index is 747. The molecule has 0 N–H and O–H groups in total. The molecule has 1 aliphatic heterocycles. The molecule has 0 bridgehead atoms. The Hall–Kier alpha value is -1.97. The van der Waals surface area contributed by atoms with Gasteiger partial charge in [-0.1, -0.05) is 13.8 Å². The highest BCUT2D eigenvalue weighted by atomic mass is 16.2. The van der Waals surface area contributed by atoms with E-state index in [1.54, 1.807) is 6.20 Å². The van der Waals surface area contributed by atoms with Crippen LogP contribution in [-0.2, 0) is 4.79 Å². The van der Waals surface area contributed by atoms with Gasteiger partial charge in [-0.25, -0.2) is 9.97 Å². The molecule has 1 saturated heterocycles. The van der Waals surface area contributed by atoms with E-state index in [0.717, 1.165) is 49.1 Å². The lowest BCUT2D eigenvalue weighted by Gasteiger charge is -2.32. The number of hydrogen-bond donors (Lipinski definition) is 0. The molecule has 1 saturated carbocycles. The summed E-state index contributed by atoms with van der Waals surface area (Å²) in [5.74, 6) is 1.06. The van der Waals surface area contributed by atoms with Gasteiger partial charge in [0.1, 0.15) is 0 Å². The van der Waals surface area contributed by atoms with Crippen LogP contribution < -0.4 is 0 Å². The molecule has 3 heterocycles. The highest BCUT2D eigenvalue weighted by Crippen LogP contribution is 2.52. The third-order valence-corrected chi connectivity index (χ3v) is 5.52. The molecule has 2 fully saturated rings. The number of hydrogen-bond acceptors (Lipinski definition) is 3. The Morgan fingerprint density at radius 3 is 2.65 bits per heavy atom. The number of aromatic nitrogens is 2. The minimum atomic E-state index is 0.222. The standard InChI is InChI=1S/C19H23N3O/c1-19(2)12-15(19)18(23)22-10-7-13(8-11-22)16-6-5-14-4-3-9-20-17(14)21-16/h3-6,9,13,15H,7-8,10-12H2,1-2H3. The van der Waals surface area contributed by atoms with Crippen molar-refractivity contribution in [2.75, 3.05) is 13.1 Å². The number of fused-ring (bicyclic) bond motifs is 1. The van der Waals surface area contributed by atoms with Gasteiger partial charge >= 0.3 is 0 Å². The van der Waals surface area contributed by atoms with E-state index in [0.29, 0.717) is 11.8 Å².